The van der Waals surface area contributed by atoms with Crippen LogP contribution in [0.25, 0.3) is 0 Å². The molecule has 2 atom stereocenters. The van der Waals surface area contributed by atoms with Crippen molar-refractivity contribution in [2.75, 3.05) is 30.3 Å². The summed E-state index contributed by atoms with van der Waals surface area (Å²) in [6, 6.07) is 7.63. The second kappa shape index (κ2) is 5.71. The first kappa shape index (κ1) is 13.2. The number of nitrogens with one attached hydrogen (secondary N) is 2. The maximum Gasteiger partial charge on any atom is 0.247 e. The molecular formula is C15H21N3O2. The summed E-state index contributed by atoms with van der Waals surface area (Å²) in [5.41, 5.74) is 2.00. The van der Waals surface area contributed by atoms with Gasteiger partial charge in [-0.15, -0.1) is 0 Å². The van der Waals surface area contributed by atoms with E-state index in [-0.39, 0.29) is 24.6 Å². The predicted octanol–water partition coefficient (Wildman–Crippen LogP) is 1.27. The Morgan fingerprint density at radius 1 is 1.30 bits per heavy atom. The van der Waals surface area contributed by atoms with Crippen molar-refractivity contribution in [2.45, 2.75) is 31.3 Å². The lowest BCUT2D eigenvalue weighted by atomic mass is 10.0. The molecule has 2 heterocycles. The quantitative estimate of drug-likeness (QED) is 0.760. The van der Waals surface area contributed by atoms with Crippen LogP contribution in [0.4, 0.5) is 11.4 Å². The standard InChI is InChI=1S/C15H21N3O2/c19-10-11-5-3-4-8-18(11)15(20)14-9-16-12-6-1-2-7-13(12)17-14/h1-2,6-7,11,14,16-17,19H,3-5,8-10H2. The molecule has 1 aromatic rings. The highest BCUT2D eigenvalue weighted by atomic mass is 16.3. The third-order valence-electron chi connectivity index (χ3n) is 4.17. The molecule has 1 fully saturated rings. The van der Waals surface area contributed by atoms with Crippen LogP contribution in [0.15, 0.2) is 24.3 Å². The van der Waals surface area contributed by atoms with Crippen molar-refractivity contribution in [1.29, 1.82) is 0 Å². The van der Waals surface area contributed by atoms with Crippen LogP contribution >= 0.6 is 0 Å². The number of rotatable bonds is 2. The van der Waals surface area contributed by atoms with E-state index in [1.807, 2.05) is 29.2 Å². The van der Waals surface area contributed by atoms with Gasteiger partial charge in [0.05, 0.1) is 24.0 Å². The van der Waals surface area contributed by atoms with Crippen molar-refractivity contribution in [2.24, 2.45) is 0 Å². The normalized spacial score (nSPS) is 25.4. The lowest BCUT2D eigenvalue weighted by molar-refractivity contribution is -0.136. The number of aliphatic hydroxyl groups excluding tert-OH is 1. The van der Waals surface area contributed by atoms with Gasteiger partial charge in [0.15, 0.2) is 0 Å². The molecule has 5 nitrogen and oxygen atoms in total. The molecule has 0 bridgehead atoms. The van der Waals surface area contributed by atoms with Gasteiger partial charge < -0.3 is 20.6 Å². The van der Waals surface area contributed by atoms with Crippen molar-refractivity contribution in [3.8, 4) is 0 Å². The summed E-state index contributed by atoms with van der Waals surface area (Å²) in [6.07, 6.45) is 3.02. The smallest absolute Gasteiger partial charge is 0.247 e. The summed E-state index contributed by atoms with van der Waals surface area (Å²) in [7, 11) is 0. The molecule has 1 amide bonds. The van der Waals surface area contributed by atoms with Gasteiger partial charge in [0, 0.05) is 13.1 Å². The van der Waals surface area contributed by atoms with E-state index in [2.05, 4.69) is 10.6 Å². The number of amides is 1. The first-order valence-corrected chi connectivity index (χ1v) is 7.30. The average molecular weight is 275 g/mol. The molecule has 1 saturated heterocycles. The highest BCUT2D eigenvalue weighted by Gasteiger charge is 2.32. The molecule has 2 aliphatic rings. The van der Waals surface area contributed by atoms with Gasteiger partial charge in [-0.3, -0.25) is 4.79 Å². The van der Waals surface area contributed by atoms with Crippen molar-refractivity contribution < 1.29 is 9.90 Å². The molecule has 0 radical (unpaired) electrons. The highest BCUT2D eigenvalue weighted by molar-refractivity contribution is 5.89. The van der Waals surface area contributed by atoms with Gasteiger partial charge in [-0.05, 0) is 31.4 Å². The average Bonchev–Trinajstić information content (AvgIpc) is 2.53. The minimum Gasteiger partial charge on any atom is -0.394 e. The maximum atomic E-state index is 12.6. The van der Waals surface area contributed by atoms with E-state index in [0.717, 1.165) is 37.2 Å². The minimum absolute atomic E-state index is 0.0183. The van der Waals surface area contributed by atoms with E-state index in [4.69, 9.17) is 0 Å². The monoisotopic (exact) mass is 275 g/mol. The van der Waals surface area contributed by atoms with Crippen molar-refractivity contribution in [1.82, 2.24) is 4.90 Å². The van der Waals surface area contributed by atoms with Gasteiger partial charge in [0.25, 0.3) is 0 Å². The van der Waals surface area contributed by atoms with Crippen LogP contribution < -0.4 is 10.6 Å². The maximum absolute atomic E-state index is 12.6. The Hall–Kier alpha value is -1.75. The minimum atomic E-state index is -0.253. The number of anilines is 2. The third kappa shape index (κ3) is 2.45. The van der Waals surface area contributed by atoms with Crippen LogP contribution in [0, 0.1) is 0 Å². The molecule has 3 N–H and O–H groups in total. The number of likely N-dealkylation sites (tertiary alicyclic amines) is 1. The molecule has 2 unspecified atom stereocenters. The van der Waals surface area contributed by atoms with Gasteiger partial charge in [-0.1, -0.05) is 12.1 Å². The van der Waals surface area contributed by atoms with E-state index in [1.165, 1.54) is 0 Å². The molecule has 108 valence electrons. The Morgan fingerprint density at radius 2 is 2.10 bits per heavy atom. The van der Waals surface area contributed by atoms with E-state index in [9.17, 15) is 9.90 Å². The zero-order chi connectivity index (χ0) is 13.9. The third-order valence-corrected chi connectivity index (χ3v) is 4.17. The molecule has 0 spiro atoms. The van der Waals surface area contributed by atoms with Gasteiger partial charge >= 0.3 is 0 Å². The summed E-state index contributed by atoms with van der Waals surface area (Å²) in [4.78, 5) is 14.5. The number of nitrogens with zero attached hydrogens (tertiary/aromatic N) is 1. The predicted molar refractivity (Wildman–Crippen MR) is 78.8 cm³/mol. The van der Waals surface area contributed by atoms with Crippen LogP contribution in [-0.4, -0.2) is 47.7 Å². The van der Waals surface area contributed by atoms with Gasteiger partial charge in [0.2, 0.25) is 5.91 Å². The lowest BCUT2D eigenvalue weighted by Crippen LogP contribution is -2.54. The molecule has 2 aliphatic heterocycles. The number of hydrogen-bond acceptors (Lipinski definition) is 4. The first-order chi connectivity index (χ1) is 9.79. The lowest BCUT2D eigenvalue weighted by Gasteiger charge is -2.38. The van der Waals surface area contributed by atoms with Crippen molar-refractivity contribution in [3.63, 3.8) is 0 Å². The first-order valence-electron chi connectivity index (χ1n) is 7.30. The van der Waals surface area contributed by atoms with Crippen LogP contribution in [0.2, 0.25) is 0 Å². The number of fused-ring (bicyclic) bond motifs is 1. The van der Waals surface area contributed by atoms with Crippen LogP contribution in [-0.2, 0) is 4.79 Å². The number of para-hydroxylation sites is 2. The number of piperidine rings is 1. The highest BCUT2D eigenvalue weighted by Crippen LogP contribution is 2.27. The largest absolute Gasteiger partial charge is 0.394 e. The molecule has 3 rings (SSSR count). The molecule has 1 aromatic carbocycles. The second-order valence-electron chi connectivity index (χ2n) is 5.49. The number of carbonyl (C=O) groups is 1. The van der Waals surface area contributed by atoms with Gasteiger partial charge in [0.1, 0.15) is 6.04 Å². The van der Waals surface area contributed by atoms with Crippen LogP contribution in [0.3, 0.4) is 0 Å². The van der Waals surface area contributed by atoms with Crippen LogP contribution in [0.5, 0.6) is 0 Å². The Kier molecular flexibility index (Phi) is 3.78. The van der Waals surface area contributed by atoms with E-state index >= 15 is 0 Å². The number of carbonyl (C=O) groups excluding carboxylic acids is 1. The van der Waals surface area contributed by atoms with Crippen molar-refractivity contribution in [3.05, 3.63) is 24.3 Å². The van der Waals surface area contributed by atoms with Crippen LogP contribution in [0.1, 0.15) is 19.3 Å². The fraction of sp³-hybridized carbons (Fsp3) is 0.533. The molecule has 20 heavy (non-hydrogen) atoms. The second-order valence-corrected chi connectivity index (χ2v) is 5.49. The van der Waals surface area contributed by atoms with Gasteiger partial charge in [-0.25, -0.2) is 0 Å². The number of benzene rings is 1. The Morgan fingerprint density at radius 3 is 2.90 bits per heavy atom. The summed E-state index contributed by atoms with van der Waals surface area (Å²) >= 11 is 0. The molecule has 0 aliphatic carbocycles. The molecule has 0 saturated carbocycles. The molecule has 5 heteroatoms. The topological polar surface area (TPSA) is 64.6 Å². The Labute approximate surface area is 119 Å². The molecule has 0 aromatic heterocycles. The fourth-order valence-electron chi connectivity index (χ4n) is 3.04. The summed E-state index contributed by atoms with van der Waals surface area (Å²) < 4.78 is 0. The fourth-order valence-corrected chi connectivity index (χ4v) is 3.04. The zero-order valence-corrected chi connectivity index (χ0v) is 11.5. The SMILES string of the molecule is O=C(C1CNc2ccccc2N1)N1CCCCC1CO. The van der Waals surface area contributed by atoms with E-state index in [0.29, 0.717) is 6.54 Å². The van der Waals surface area contributed by atoms with E-state index < -0.39 is 0 Å². The zero-order valence-electron chi connectivity index (χ0n) is 11.5. The Balaban J connectivity index is 1.72. The number of hydrogen-bond donors (Lipinski definition) is 3. The molecular weight excluding hydrogens is 254 g/mol. The summed E-state index contributed by atoms with van der Waals surface area (Å²) in [5, 5.41) is 16.0. The van der Waals surface area contributed by atoms with E-state index in [1.54, 1.807) is 0 Å². The Bertz CT molecular complexity index is 492. The summed E-state index contributed by atoms with van der Waals surface area (Å²) in [6.45, 7) is 1.40. The van der Waals surface area contributed by atoms with Crippen molar-refractivity contribution >= 4 is 17.3 Å². The summed E-state index contributed by atoms with van der Waals surface area (Å²) in [5.74, 6) is 0.0887. The van der Waals surface area contributed by atoms with Gasteiger partial charge in [-0.2, -0.15) is 0 Å². The number of aliphatic hydroxyl groups is 1.